The van der Waals surface area contributed by atoms with Crippen molar-refractivity contribution in [2.75, 3.05) is 18.9 Å². The summed E-state index contributed by atoms with van der Waals surface area (Å²) < 4.78 is 6.83. The van der Waals surface area contributed by atoms with Crippen LogP contribution in [0.25, 0.3) is 0 Å². The Labute approximate surface area is 89.7 Å². The fourth-order valence-electron chi connectivity index (χ4n) is 1.34. The van der Waals surface area contributed by atoms with Crippen molar-refractivity contribution in [1.29, 1.82) is 0 Å². The van der Waals surface area contributed by atoms with Crippen LogP contribution >= 0.6 is 0 Å². The fourth-order valence-corrected chi connectivity index (χ4v) is 1.34. The van der Waals surface area contributed by atoms with Gasteiger partial charge in [-0.15, -0.1) is 0 Å². The molecule has 4 heteroatoms. The smallest absolute Gasteiger partial charge is 0.250 e. The van der Waals surface area contributed by atoms with E-state index in [1.165, 1.54) is 0 Å². The summed E-state index contributed by atoms with van der Waals surface area (Å²) in [5, 5.41) is 0. The fraction of sp³-hybridized carbons (Fsp3) is 0.545. The molecule has 84 valence electrons. The first-order valence-corrected chi connectivity index (χ1v) is 5.19. The lowest BCUT2D eigenvalue weighted by Crippen LogP contribution is -2.20. The summed E-state index contributed by atoms with van der Waals surface area (Å²) in [6.07, 6.45) is 2.53. The molecular weight excluding hydrogens is 192 g/mol. The minimum Gasteiger partial charge on any atom is -0.397 e. The molecule has 0 unspecified atom stereocenters. The normalized spacial score (nSPS) is 10.5. The van der Waals surface area contributed by atoms with Crippen LogP contribution in [0.3, 0.4) is 0 Å². The molecule has 4 nitrogen and oxygen atoms in total. The standard InChI is InChI=1S/C11H18N2O2/c1-3-15-6-4-5-13-8-10(12)9(2)7-11(13)14/h7-8H,3-6,12H2,1-2H3. The molecule has 0 aliphatic rings. The monoisotopic (exact) mass is 210 g/mol. The van der Waals surface area contributed by atoms with Crippen LogP contribution in [-0.2, 0) is 11.3 Å². The Bertz CT molecular complexity index is 371. The molecule has 1 aromatic rings. The lowest BCUT2D eigenvalue weighted by Gasteiger charge is -2.08. The molecule has 0 bridgehead atoms. The molecule has 15 heavy (non-hydrogen) atoms. The summed E-state index contributed by atoms with van der Waals surface area (Å²) in [7, 11) is 0. The lowest BCUT2D eigenvalue weighted by molar-refractivity contribution is 0.141. The molecule has 1 rings (SSSR count). The van der Waals surface area contributed by atoms with Crippen LogP contribution in [0.4, 0.5) is 5.69 Å². The van der Waals surface area contributed by atoms with Crippen LogP contribution in [0.2, 0.25) is 0 Å². The molecule has 0 saturated carbocycles. The van der Waals surface area contributed by atoms with Crippen LogP contribution in [0.1, 0.15) is 18.9 Å². The van der Waals surface area contributed by atoms with Gasteiger partial charge in [-0.25, -0.2) is 0 Å². The number of nitrogens with zero attached hydrogens (tertiary/aromatic N) is 1. The largest absolute Gasteiger partial charge is 0.397 e. The molecule has 2 N–H and O–H groups in total. The van der Waals surface area contributed by atoms with Crippen molar-refractivity contribution in [2.24, 2.45) is 0 Å². The Hall–Kier alpha value is -1.29. The highest BCUT2D eigenvalue weighted by Gasteiger charge is 2.00. The number of nitrogen functional groups attached to an aromatic ring is 1. The summed E-state index contributed by atoms with van der Waals surface area (Å²) in [5.41, 5.74) is 7.22. The average molecular weight is 210 g/mol. The van der Waals surface area contributed by atoms with Gasteiger partial charge in [0.2, 0.25) is 0 Å². The van der Waals surface area contributed by atoms with E-state index in [9.17, 15) is 4.79 Å². The number of nitrogens with two attached hydrogens (primary N) is 1. The number of pyridine rings is 1. The molecule has 0 spiro atoms. The number of hydrogen-bond acceptors (Lipinski definition) is 3. The second-order valence-corrected chi connectivity index (χ2v) is 3.49. The van der Waals surface area contributed by atoms with Gasteiger partial charge in [-0.05, 0) is 25.8 Å². The third-order valence-electron chi connectivity index (χ3n) is 2.27. The molecule has 0 fully saturated rings. The van der Waals surface area contributed by atoms with Gasteiger partial charge in [0.05, 0.1) is 5.69 Å². The third kappa shape index (κ3) is 3.40. The van der Waals surface area contributed by atoms with Gasteiger partial charge in [-0.2, -0.15) is 0 Å². The minimum atomic E-state index is -0.00167. The first kappa shape index (κ1) is 11.8. The van der Waals surface area contributed by atoms with Gasteiger partial charge in [0.1, 0.15) is 0 Å². The summed E-state index contributed by atoms with van der Waals surface area (Å²) in [5.74, 6) is 0. The summed E-state index contributed by atoms with van der Waals surface area (Å²) in [4.78, 5) is 11.5. The Kier molecular flexibility index (Phi) is 4.37. The molecule has 0 saturated heterocycles. The Balaban J connectivity index is 2.61. The Morgan fingerprint density at radius 3 is 2.93 bits per heavy atom. The van der Waals surface area contributed by atoms with E-state index in [4.69, 9.17) is 10.5 Å². The number of aromatic nitrogens is 1. The zero-order valence-corrected chi connectivity index (χ0v) is 9.32. The van der Waals surface area contributed by atoms with Gasteiger partial charge in [0, 0.05) is 32.0 Å². The zero-order valence-electron chi connectivity index (χ0n) is 9.32. The average Bonchev–Trinajstić information content (AvgIpc) is 2.20. The van der Waals surface area contributed by atoms with Gasteiger partial charge in [0.15, 0.2) is 0 Å². The van der Waals surface area contributed by atoms with Gasteiger partial charge in [-0.3, -0.25) is 4.79 Å². The van der Waals surface area contributed by atoms with Gasteiger partial charge in [-0.1, -0.05) is 0 Å². The molecule has 0 radical (unpaired) electrons. The lowest BCUT2D eigenvalue weighted by atomic mass is 10.2. The van der Waals surface area contributed by atoms with Crippen molar-refractivity contribution < 1.29 is 4.74 Å². The van der Waals surface area contributed by atoms with E-state index in [0.29, 0.717) is 25.4 Å². The highest BCUT2D eigenvalue weighted by molar-refractivity contribution is 5.42. The van der Waals surface area contributed by atoms with Gasteiger partial charge >= 0.3 is 0 Å². The number of ether oxygens (including phenoxy) is 1. The topological polar surface area (TPSA) is 57.2 Å². The molecule has 1 aromatic heterocycles. The van der Waals surface area contributed by atoms with Crippen LogP contribution in [0.15, 0.2) is 17.1 Å². The Morgan fingerprint density at radius 1 is 1.53 bits per heavy atom. The van der Waals surface area contributed by atoms with Crippen molar-refractivity contribution in [2.45, 2.75) is 26.8 Å². The highest BCUT2D eigenvalue weighted by Crippen LogP contribution is 2.05. The number of rotatable bonds is 5. The second kappa shape index (κ2) is 5.56. The van der Waals surface area contributed by atoms with Crippen molar-refractivity contribution in [1.82, 2.24) is 4.57 Å². The molecule has 0 aliphatic heterocycles. The maximum atomic E-state index is 11.5. The van der Waals surface area contributed by atoms with Crippen LogP contribution < -0.4 is 11.3 Å². The number of anilines is 1. The molecule has 0 amide bonds. The van der Waals surface area contributed by atoms with E-state index >= 15 is 0 Å². The molecular formula is C11H18N2O2. The van der Waals surface area contributed by atoms with Crippen molar-refractivity contribution in [3.63, 3.8) is 0 Å². The molecule has 1 heterocycles. The van der Waals surface area contributed by atoms with Crippen LogP contribution in [0.5, 0.6) is 0 Å². The maximum absolute atomic E-state index is 11.5. The maximum Gasteiger partial charge on any atom is 0.250 e. The van der Waals surface area contributed by atoms with Crippen LogP contribution in [-0.4, -0.2) is 17.8 Å². The zero-order chi connectivity index (χ0) is 11.3. The number of hydrogen-bond donors (Lipinski definition) is 1. The third-order valence-corrected chi connectivity index (χ3v) is 2.27. The van der Waals surface area contributed by atoms with E-state index < -0.39 is 0 Å². The van der Waals surface area contributed by atoms with E-state index in [-0.39, 0.29) is 5.56 Å². The predicted octanol–water partition coefficient (Wildman–Crippen LogP) is 1.17. The molecule has 0 aromatic carbocycles. The van der Waals surface area contributed by atoms with Crippen molar-refractivity contribution in [3.8, 4) is 0 Å². The quantitative estimate of drug-likeness (QED) is 0.742. The van der Waals surface area contributed by atoms with Crippen molar-refractivity contribution >= 4 is 5.69 Å². The van der Waals surface area contributed by atoms with Gasteiger partial charge < -0.3 is 15.0 Å². The van der Waals surface area contributed by atoms with E-state index in [1.54, 1.807) is 16.8 Å². The van der Waals surface area contributed by atoms with E-state index in [1.807, 2.05) is 13.8 Å². The Morgan fingerprint density at radius 2 is 2.27 bits per heavy atom. The summed E-state index contributed by atoms with van der Waals surface area (Å²) >= 11 is 0. The predicted molar refractivity (Wildman–Crippen MR) is 61.0 cm³/mol. The highest BCUT2D eigenvalue weighted by atomic mass is 16.5. The van der Waals surface area contributed by atoms with E-state index in [2.05, 4.69) is 0 Å². The molecule has 0 aliphatic carbocycles. The molecule has 0 atom stereocenters. The SMILES string of the molecule is CCOCCCn1cc(N)c(C)cc1=O. The van der Waals surface area contributed by atoms with Crippen LogP contribution in [0, 0.1) is 6.92 Å². The van der Waals surface area contributed by atoms with Gasteiger partial charge in [0.25, 0.3) is 5.56 Å². The first-order chi connectivity index (χ1) is 7.15. The summed E-state index contributed by atoms with van der Waals surface area (Å²) in [6.45, 7) is 5.84. The second-order valence-electron chi connectivity index (χ2n) is 3.49. The number of aryl methyl sites for hydroxylation is 2. The van der Waals surface area contributed by atoms with E-state index in [0.717, 1.165) is 12.0 Å². The minimum absolute atomic E-state index is 0.00167. The van der Waals surface area contributed by atoms with Crippen molar-refractivity contribution in [3.05, 3.63) is 28.2 Å². The first-order valence-electron chi connectivity index (χ1n) is 5.19. The summed E-state index contributed by atoms with van der Waals surface area (Å²) in [6, 6.07) is 1.57.